The van der Waals surface area contributed by atoms with Crippen molar-refractivity contribution in [2.45, 2.75) is 32.7 Å². The largest absolute Gasteiger partial charge is 0.406 e. The smallest absolute Gasteiger partial charge is 0.348 e. The number of aromatic nitrogens is 4. The van der Waals surface area contributed by atoms with Gasteiger partial charge in [-0.25, -0.2) is 14.4 Å². The van der Waals surface area contributed by atoms with Gasteiger partial charge < -0.3 is 14.5 Å². The van der Waals surface area contributed by atoms with Crippen molar-refractivity contribution in [2.24, 2.45) is 0 Å². The van der Waals surface area contributed by atoms with Crippen molar-refractivity contribution in [2.75, 3.05) is 5.32 Å². The summed E-state index contributed by atoms with van der Waals surface area (Å²) in [6.07, 6.45) is -1.72. The summed E-state index contributed by atoms with van der Waals surface area (Å²) in [6.45, 7) is 1.47. The second kappa shape index (κ2) is 6.14. The van der Waals surface area contributed by atoms with Crippen molar-refractivity contribution in [3.05, 3.63) is 42.2 Å². The fraction of sp³-hybridized carbons (Fsp3) is 0.333. The molecule has 1 aromatic carbocycles. The van der Waals surface area contributed by atoms with Gasteiger partial charge in [0.2, 0.25) is 5.95 Å². The zero-order chi connectivity index (χ0) is 17.3. The molecule has 24 heavy (non-hydrogen) atoms. The molecule has 1 N–H and O–H groups in total. The summed E-state index contributed by atoms with van der Waals surface area (Å²) in [7, 11) is 0. The Labute approximate surface area is 134 Å². The molecule has 3 aromatic rings. The molecule has 0 amide bonds. The average Bonchev–Trinajstić information content (AvgIpc) is 3.06. The van der Waals surface area contributed by atoms with Gasteiger partial charge in [0, 0.05) is 25.0 Å². The van der Waals surface area contributed by atoms with Crippen LogP contribution in [0, 0.1) is 5.82 Å². The molecule has 0 radical (unpaired) electrons. The monoisotopic (exact) mass is 341 g/mol. The number of nitrogens with one attached hydrogen (secondary N) is 1. The Bertz CT molecular complexity index is 849. The van der Waals surface area contributed by atoms with Crippen LogP contribution in [-0.2, 0) is 19.6 Å². The average molecular weight is 341 g/mol. The number of anilines is 1. The highest BCUT2D eigenvalue weighted by atomic mass is 19.4. The lowest BCUT2D eigenvalue weighted by atomic mass is 10.3. The molecule has 128 valence electrons. The van der Waals surface area contributed by atoms with Gasteiger partial charge in [-0.3, -0.25) is 0 Å². The number of fused-ring (bicyclic) bond motifs is 1. The third kappa shape index (κ3) is 3.34. The molecule has 0 atom stereocenters. The van der Waals surface area contributed by atoms with Crippen LogP contribution in [0.1, 0.15) is 12.7 Å². The molecule has 2 heterocycles. The standard InChI is InChI=1S/C15H15F4N5/c1-2-24-12-4-3-10(16)7-11(12)22-14(24)21-8-13-20-5-6-23(13)9-15(17,18)19/h3-7H,2,8-9H2,1H3,(H,21,22). The van der Waals surface area contributed by atoms with Crippen LogP contribution in [0.2, 0.25) is 0 Å². The van der Waals surface area contributed by atoms with E-state index >= 15 is 0 Å². The number of halogens is 4. The topological polar surface area (TPSA) is 47.7 Å². The lowest BCUT2D eigenvalue weighted by Crippen LogP contribution is -2.20. The van der Waals surface area contributed by atoms with E-state index in [1.165, 1.54) is 24.5 Å². The summed E-state index contributed by atoms with van der Waals surface area (Å²) in [5.74, 6) is 0.309. The van der Waals surface area contributed by atoms with Gasteiger partial charge in [-0.05, 0) is 19.1 Å². The number of hydrogen-bond acceptors (Lipinski definition) is 3. The molecule has 9 heteroatoms. The van der Waals surface area contributed by atoms with Gasteiger partial charge in [0.1, 0.15) is 18.2 Å². The Balaban J connectivity index is 1.83. The zero-order valence-corrected chi connectivity index (χ0v) is 12.8. The number of imidazole rings is 2. The predicted molar refractivity (Wildman–Crippen MR) is 81.0 cm³/mol. The third-order valence-corrected chi connectivity index (χ3v) is 3.58. The van der Waals surface area contributed by atoms with E-state index in [9.17, 15) is 17.6 Å². The molecule has 0 bridgehead atoms. The van der Waals surface area contributed by atoms with Crippen molar-refractivity contribution in [1.29, 1.82) is 0 Å². The molecule has 0 saturated heterocycles. The summed E-state index contributed by atoms with van der Waals surface area (Å²) >= 11 is 0. The lowest BCUT2D eigenvalue weighted by Gasteiger charge is -2.12. The van der Waals surface area contributed by atoms with E-state index in [2.05, 4.69) is 15.3 Å². The Morgan fingerprint density at radius 2 is 2.04 bits per heavy atom. The quantitative estimate of drug-likeness (QED) is 0.722. The molecular formula is C15H15F4N5. The maximum atomic E-state index is 13.3. The van der Waals surface area contributed by atoms with E-state index in [0.29, 0.717) is 18.0 Å². The van der Waals surface area contributed by atoms with Crippen molar-refractivity contribution in [3.8, 4) is 0 Å². The van der Waals surface area contributed by atoms with Crippen LogP contribution in [0.25, 0.3) is 11.0 Å². The van der Waals surface area contributed by atoms with Crippen molar-refractivity contribution in [1.82, 2.24) is 19.1 Å². The molecule has 0 aliphatic rings. The normalized spacial score (nSPS) is 12.0. The van der Waals surface area contributed by atoms with E-state index in [1.807, 2.05) is 11.5 Å². The first-order valence-corrected chi connectivity index (χ1v) is 7.34. The number of benzene rings is 1. The minimum absolute atomic E-state index is 0.0783. The Hall–Kier alpha value is -2.58. The minimum Gasteiger partial charge on any atom is -0.348 e. The van der Waals surface area contributed by atoms with E-state index in [0.717, 1.165) is 10.1 Å². The van der Waals surface area contributed by atoms with Gasteiger partial charge in [0.05, 0.1) is 17.6 Å². The summed E-state index contributed by atoms with van der Waals surface area (Å²) in [6, 6.07) is 4.28. The van der Waals surface area contributed by atoms with Crippen molar-refractivity contribution >= 4 is 17.0 Å². The van der Waals surface area contributed by atoms with Crippen LogP contribution in [0.4, 0.5) is 23.5 Å². The Morgan fingerprint density at radius 1 is 1.25 bits per heavy atom. The highest BCUT2D eigenvalue weighted by Gasteiger charge is 2.28. The van der Waals surface area contributed by atoms with Gasteiger partial charge in [-0.15, -0.1) is 0 Å². The van der Waals surface area contributed by atoms with Crippen LogP contribution in [0.5, 0.6) is 0 Å². The molecule has 0 spiro atoms. The van der Waals surface area contributed by atoms with Crippen LogP contribution < -0.4 is 5.32 Å². The van der Waals surface area contributed by atoms with E-state index < -0.39 is 18.5 Å². The number of aryl methyl sites for hydroxylation is 1. The van der Waals surface area contributed by atoms with Crippen LogP contribution in [0.15, 0.2) is 30.6 Å². The van der Waals surface area contributed by atoms with Gasteiger partial charge in [-0.1, -0.05) is 0 Å². The zero-order valence-electron chi connectivity index (χ0n) is 12.8. The van der Waals surface area contributed by atoms with E-state index in [-0.39, 0.29) is 12.4 Å². The summed E-state index contributed by atoms with van der Waals surface area (Å²) < 4.78 is 53.8. The second-order valence-corrected chi connectivity index (χ2v) is 5.25. The number of hydrogen-bond donors (Lipinski definition) is 1. The van der Waals surface area contributed by atoms with Crippen molar-refractivity contribution in [3.63, 3.8) is 0 Å². The maximum Gasteiger partial charge on any atom is 0.406 e. The highest BCUT2D eigenvalue weighted by molar-refractivity contribution is 5.78. The van der Waals surface area contributed by atoms with Gasteiger partial charge in [0.25, 0.3) is 0 Å². The molecule has 0 unspecified atom stereocenters. The molecule has 0 aliphatic carbocycles. The van der Waals surface area contributed by atoms with Crippen LogP contribution in [0.3, 0.4) is 0 Å². The predicted octanol–water partition coefficient (Wildman–Crippen LogP) is 3.57. The van der Waals surface area contributed by atoms with Gasteiger partial charge in [0.15, 0.2) is 0 Å². The first-order chi connectivity index (χ1) is 11.4. The first-order valence-electron chi connectivity index (χ1n) is 7.34. The van der Waals surface area contributed by atoms with Crippen molar-refractivity contribution < 1.29 is 17.6 Å². The number of alkyl halides is 3. The third-order valence-electron chi connectivity index (χ3n) is 3.58. The van der Waals surface area contributed by atoms with E-state index in [4.69, 9.17) is 0 Å². The van der Waals surface area contributed by atoms with Crippen LogP contribution >= 0.6 is 0 Å². The molecule has 5 nitrogen and oxygen atoms in total. The maximum absolute atomic E-state index is 13.3. The van der Waals surface area contributed by atoms with Gasteiger partial charge in [-0.2, -0.15) is 13.2 Å². The van der Waals surface area contributed by atoms with Gasteiger partial charge >= 0.3 is 6.18 Å². The number of nitrogens with zero attached hydrogens (tertiary/aromatic N) is 4. The minimum atomic E-state index is -4.32. The molecule has 0 saturated carbocycles. The summed E-state index contributed by atoms with van der Waals surface area (Å²) in [4.78, 5) is 8.24. The second-order valence-electron chi connectivity index (χ2n) is 5.25. The highest BCUT2D eigenvalue weighted by Crippen LogP contribution is 2.22. The Morgan fingerprint density at radius 3 is 2.75 bits per heavy atom. The lowest BCUT2D eigenvalue weighted by molar-refractivity contribution is -0.141. The summed E-state index contributed by atoms with van der Waals surface area (Å²) in [5, 5.41) is 2.98. The molecule has 0 aliphatic heterocycles. The molecule has 0 fully saturated rings. The number of rotatable bonds is 5. The fourth-order valence-electron chi connectivity index (χ4n) is 2.56. The van der Waals surface area contributed by atoms with E-state index in [1.54, 1.807) is 6.07 Å². The SMILES string of the molecule is CCn1c(NCc2nccn2CC(F)(F)F)nc2cc(F)ccc21. The van der Waals surface area contributed by atoms with Crippen LogP contribution in [-0.4, -0.2) is 25.3 Å². The summed E-state index contributed by atoms with van der Waals surface area (Å²) in [5.41, 5.74) is 1.23. The molecule has 2 aromatic heterocycles. The molecular weight excluding hydrogens is 326 g/mol. The Kier molecular flexibility index (Phi) is 4.16. The molecule has 3 rings (SSSR count). The fourth-order valence-corrected chi connectivity index (χ4v) is 2.56. The first kappa shape index (κ1) is 16.3.